The molecule has 3 aromatic rings. The monoisotopic (exact) mass is 599 g/mol. The third kappa shape index (κ3) is 5.66. The van der Waals surface area contributed by atoms with E-state index in [0.29, 0.717) is 39.3 Å². The molecule has 5 N–H and O–H groups in total. The van der Waals surface area contributed by atoms with E-state index in [9.17, 15) is 19.6 Å². The summed E-state index contributed by atoms with van der Waals surface area (Å²) in [5.74, 6) is -1.37. The molecule has 0 bridgehead atoms. The zero-order valence-corrected chi connectivity index (χ0v) is 24.9. The average molecular weight is 600 g/mol. The quantitative estimate of drug-likeness (QED) is 0.328. The number of carbonyl (C=O) groups is 3. The Balaban J connectivity index is 1.45. The van der Waals surface area contributed by atoms with Crippen molar-refractivity contribution >= 4 is 51.5 Å². The number of nitrogens with zero attached hydrogens (tertiary/aromatic N) is 4. The number of nitriles is 1. The normalized spacial score (nSPS) is 18.0. The number of amides is 2. The molecule has 0 spiro atoms. The summed E-state index contributed by atoms with van der Waals surface area (Å²) < 4.78 is 0.499. The maximum atomic E-state index is 13.7. The minimum atomic E-state index is -0.640. The molecule has 2 aromatic carbocycles. The van der Waals surface area contributed by atoms with Gasteiger partial charge in [-0.05, 0) is 36.5 Å². The first-order valence-corrected chi connectivity index (χ1v) is 15.0. The van der Waals surface area contributed by atoms with Crippen LogP contribution in [0.2, 0.25) is 0 Å². The van der Waals surface area contributed by atoms with Crippen molar-refractivity contribution in [3.05, 3.63) is 87.9 Å². The first-order valence-electron chi connectivity index (χ1n) is 13.2. The molecule has 214 valence electrons. The molecule has 2 amide bonds. The third-order valence-electron chi connectivity index (χ3n) is 7.17. The van der Waals surface area contributed by atoms with Gasteiger partial charge in [-0.2, -0.15) is 5.26 Å². The van der Waals surface area contributed by atoms with Crippen LogP contribution in [0.5, 0.6) is 0 Å². The third-order valence-corrected chi connectivity index (χ3v) is 9.21. The highest BCUT2D eigenvalue weighted by Crippen LogP contribution is 2.50. The van der Waals surface area contributed by atoms with Gasteiger partial charge in [0.1, 0.15) is 5.82 Å². The van der Waals surface area contributed by atoms with Crippen LogP contribution in [0.25, 0.3) is 0 Å². The van der Waals surface area contributed by atoms with E-state index in [1.165, 1.54) is 29.2 Å². The first kappa shape index (κ1) is 29.0. The number of allylic oxidation sites excluding steroid dienone is 3. The van der Waals surface area contributed by atoms with E-state index in [4.69, 9.17) is 11.5 Å². The van der Waals surface area contributed by atoms with Gasteiger partial charge in [0.15, 0.2) is 10.1 Å². The fourth-order valence-electron chi connectivity index (χ4n) is 5.29. The molecule has 42 heavy (non-hydrogen) atoms. The van der Waals surface area contributed by atoms with E-state index in [0.717, 1.165) is 11.1 Å². The lowest BCUT2D eigenvalue weighted by atomic mass is 9.68. The lowest BCUT2D eigenvalue weighted by molar-refractivity contribution is -0.118. The van der Waals surface area contributed by atoms with E-state index in [1.54, 1.807) is 23.1 Å². The zero-order valence-electron chi connectivity index (χ0n) is 23.3. The van der Waals surface area contributed by atoms with Crippen molar-refractivity contribution in [3.8, 4) is 6.07 Å². The number of rotatable bonds is 7. The molecule has 1 aliphatic carbocycles. The Morgan fingerprint density at radius 3 is 2.57 bits per heavy atom. The Labute approximate surface area is 251 Å². The second-order valence-electron chi connectivity index (χ2n) is 11.0. The Morgan fingerprint density at radius 1 is 1.17 bits per heavy atom. The van der Waals surface area contributed by atoms with Gasteiger partial charge < -0.3 is 16.8 Å². The molecule has 1 aliphatic heterocycles. The molecule has 2 heterocycles. The number of Topliss-reactive ketones (excluding diaryl/α,β-unsaturated/α-hetero) is 1. The molecule has 10 nitrogen and oxygen atoms in total. The van der Waals surface area contributed by atoms with Crippen molar-refractivity contribution in [2.75, 3.05) is 16.0 Å². The molecule has 5 rings (SSSR count). The van der Waals surface area contributed by atoms with Crippen molar-refractivity contribution in [1.82, 2.24) is 10.2 Å². The highest BCUT2D eigenvalue weighted by atomic mass is 32.2. The largest absolute Gasteiger partial charge is 0.384 e. The minimum absolute atomic E-state index is 0.00541. The van der Waals surface area contributed by atoms with E-state index < -0.39 is 11.8 Å². The Hall–Kier alpha value is -4.47. The number of anilines is 2. The van der Waals surface area contributed by atoms with Crippen molar-refractivity contribution in [3.63, 3.8) is 0 Å². The van der Waals surface area contributed by atoms with Crippen LogP contribution in [-0.4, -0.2) is 33.5 Å². The summed E-state index contributed by atoms with van der Waals surface area (Å²) in [4.78, 5) is 39.7. The van der Waals surface area contributed by atoms with Crippen LogP contribution in [0.3, 0.4) is 0 Å². The molecule has 0 radical (unpaired) electrons. The number of ketones is 1. The number of hydrogen-bond acceptors (Lipinski definition) is 10. The molecule has 1 unspecified atom stereocenters. The molecule has 0 fully saturated rings. The van der Waals surface area contributed by atoms with Gasteiger partial charge in [0.2, 0.25) is 11.0 Å². The highest BCUT2D eigenvalue weighted by Gasteiger charge is 2.45. The summed E-state index contributed by atoms with van der Waals surface area (Å²) in [6.45, 7) is 6.04. The predicted octanol–water partition coefficient (Wildman–Crippen LogP) is 4.62. The summed E-state index contributed by atoms with van der Waals surface area (Å²) in [6.07, 6.45) is 0.908. The topological polar surface area (TPSA) is 168 Å². The average Bonchev–Trinajstić information content (AvgIpc) is 3.40. The number of nitrogens with two attached hydrogens (primary N) is 2. The summed E-state index contributed by atoms with van der Waals surface area (Å²) in [5.41, 5.74) is 15.8. The zero-order chi connectivity index (χ0) is 30.2. The van der Waals surface area contributed by atoms with Gasteiger partial charge in [0, 0.05) is 17.7 Å². The molecule has 2 aliphatic rings. The molecule has 1 atom stereocenters. The van der Waals surface area contributed by atoms with Crippen LogP contribution in [0.15, 0.2) is 75.5 Å². The second kappa shape index (κ2) is 11.4. The Bertz CT molecular complexity index is 1700. The molecule has 1 aromatic heterocycles. The van der Waals surface area contributed by atoms with Crippen LogP contribution < -0.4 is 21.7 Å². The van der Waals surface area contributed by atoms with Gasteiger partial charge in [-0.3, -0.25) is 19.3 Å². The van der Waals surface area contributed by atoms with Gasteiger partial charge in [-0.25, -0.2) is 0 Å². The summed E-state index contributed by atoms with van der Waals surface area (Å²) in [7, 11) is 0. The lowest BCUT2D eigenvalue weighted by Gasteiger charge is -2.42. The number of aromatic nitrogens is 2. The number of para-hydroxylation sites is 1. The number of nitrogens with one attached hydrogen (secondary N) is 1. The van der Waals surface area contributed by atoms with Crippen LogP contribution in [0.1, 0.15) is 54.1 Å². The van der Waals surface area contributed by atoms with Crippen molar-refractivity contribution in [1.29, 1.82) is 5.26 Å². The number of thioether (sulfide) groups is 1. The maximum absolute atomic E-state index is 13.7. The number of carbonyl (C=O) groups excluding carboxylic acids is 3. The Kier molecular flexibility index (Phi) is 7.90. The van der Waals surface area contributed by atoms with Crippen molar-refractivity contribution in [2.45, 2.75) is 43.9 Å². The molecular formula is C30H29N7O3S2. The van der Waals surface area contributed by atoms with Crippen LogP contribution in [-0.2, 0) is 9.59 Å². The number of primary amides is 1. The van der Waals surface area contributed by atoms with Crippen LogP contribution in [0.4, 0.5) is 10.8 Å². The van der Waals surface area contributed by atoms with Crippen LogP contribution in [0, 0.1) is 23.7 Å². The van der Waals surface area contributed by atoms with Crippen molar-refractivity contribution < 1.29 is 14.4 Å². The lowest BCUT2D eigenvalue weighted by Crippen LogP contribution is -2.42. The maximum Gasteiger partial charge on any atom is 0.250 e. The smallest absolute Gasteiger partial charge is 0.250 e. The molecular weight excluding hydrogens is 571 g/mol. The fraction of sp³-hybridized carbons (Fsp3) is 0.267. The number of benzene rings is 2. The fourth-order valence-corrected chi connectivity index (χ4v) is 6.97. The molecule has 12 heteroatoms. The SMILES string of the molecule is Cc1ccc(C2C(C#N)=C(N)N(c3nnc(SCC(=O)Nc4ccccc4C(N)=O)s3)C3=C2C(=O)CC(C)(C)C3)cc1. The first-order chi connectivity index (χ1) is 20.0. The highest BCUT2D eigenvalue weighted by molar-refractivity contribution is 8.01. The minimum Gasteiger partial charge on any atom is -0.384 e. The van der Waals surface area contributed by atoms with Gasteiger partial charge in [-0.15, -0.1) is 10.2 Å². The van der Waals surface area contributed by atoms with E-state index in [-0.39, 0.29) is 39.8 Å². The van der Waals surface area contributed by atoms with Gasteiger partial charge >= 0.3 is 0 Å². The number of aryl methyl sites for hydroxylation is 1. The van der Waals surface area contributed by atoms with Gasteiger partial charge in [0.25, 0.3) is 5.91 Å². The summed E-state index contributed by atoms with van der Waals surface area (Å²) >= 11 is 2.38. The second-order valence-corrected chi connectivity index (χ2v) is 13.2. The predicted molar refractivity (Wildman–Crippen MR) is 162 cm³/mol. The molecule has 0 saturated heterocycles. The van der Waals surface area contributed by atoms with E-state index >= 15 is 0 Å². The summed E-state index contributed by atoms with van der Waals surface area (Å²) in [5, 5.41) is 22.0. The van der Waals surface area contributed by atoms with E-state index in [1.807, 2.05) is 45.0 Å². The van der Waals surface area contributed by atoms with Gasteiger partial charge in [0.05, 0.1) is 34.6 Å². The van der Waals surface area contributed by atoms with Crippen molar-refractivity contribution in [2.24, 2.45) is 16.9 Å². The standard InChI is InChI=1S/C30H29N7O3S2/c1-16-8-10-17(11-9-16)24-19(14-31)26(32)37(21-12-30(2,3)13-22(38)25(21)24)28-35-36-29(42-28)41-15-23(39)34-20-7-5-4-6-18(20)27(33)40/h4-11,24H,12-13,15,32H2,1-3H3,(H2,33,40)(H,34,39). The van der Waals surface area contributed by atoms with E-state index in [2.05, 4.69) is 21.6 Å². The Morgan fingerprint density at radius 2 is 1.88 bits per heavy atom. The number of hydrogen-bond donors (Lipinski definition) is 3. The van der Waals surface area contributed by atoms with Gasteiger partial charge in [-0.1, -0.05) is 78.9 Å². The summed E-state index contributed by atoms with van der Waals surface area (Å²) in [6, 6.07) is 16.6. The van der Waals surface area contributed by atoms with Crippen LogP contribution >= 0.6 is 23.1 Å². The molecule has 0 saturated carbocycles.